The van der Waals surface area contributed by atoms with Gasteiger partial charge in [-0.2, -0.15) is 0 Å². The van der Waals surface area contributed by atoms with Crippen LogP contribution < -0.4 is 0 Å². The molecule has 0 heterocycles. The summed E-state index contributed by atoms with van der Waals surface area (Å²) in [7, 11) is 0. The maximum atomic E-state index is 2.40. The molecule has 44 valence electrons. The van der Waals surface area contributed by atoms with Gasteiger partial charge in [0, 0.05) is 0 Å². The van der Waals surface area contributed by atoms with Crippen molar-refractivity contribution in [2.75, 3.05) is 0 Å². The predicted molar refractivity (Wildman–Crippen MR) is 34.5 cm³/mol. The summed E-state index contributed by atoms with van der Waals surface area (Å²) >= 11 is 0. The molecule has 0 unspecified atom stereocenters. The van der Waals surface area contributed by atoms with E-state index < -0.39 is 0 Å². The molecule has 3 atom stereocenters. The Kier molecular flexibility index (Phi) is 0.787. The average Bonchev–Trinajstić information content (AvgIpc) is 2.23. The molecule has 1 saturated carbocycles. The van der Waals surface area contributed by atoms with Crippen LogP contribution in [0.2, 0.25) is 0 Å². The molecule has 0 nitrogen and oxygen atoms in total. The number of hydrogen-bond donors (Lipinski definition) is 0. The van der Waals surface area contributed by atoms with Crippen molar-refractivity contribution in [3.05, 3.63) is 12.2 Å². The van der Waals surface area contributed by atoms with E-state index in [4.69, 9.17) is 0 Å². The Hall–Kier alpha value is -0.260. The maximum absolute atomic E-state index is 2.40. The molecule has 0 saturated heterocycles. The topological polar surface area (TPSA) is 0 Å². The van der Waals surface area contributed by atoms with Crippen molar-refractivity contribution in [1.29, 1.82) is 0 Å². The summed E-state index contributed by atoms with van der Waals surface area (Å²) in [4.78, 5) is 0. The van der Waals surface area contributed by atoms with Gasteiger partial charge in [0.25, 0.3) is 0 Å². The first-order chi connectivity index (χ1) is 3.86. The largest absolute Gasteiger partial charge is 0.0851 e. The molecule has 2 rings (SSSR count). The summed E-state index contributed by atoms with van der Waals surface area (Å²) in [6.45, 7) is 2.37. The molecule has 0 aliphatic heterocycles. The normalized spacial score (nSPS) is 50.9. The van der Waals surface area contributed by atoms with E-state index >= 15 is 0 Å². The Labute approximate surface area is 50.6 Å². The van der Waals surface area contributed by atoms with Crippen LogP contribution in [0.3, 0.4) is 0 Å². The van der Waals surface area contributed by atoms with Crippen LogP contribution in [0.25, 0.3) is 0 Å². The number of hydrogen-bond acceptors (Lipinski definition) is 0. The average molecular weight is 108 g/mol. The van der Waals surface area contributed by atoms with Crippen molar-refractivity contribution in [2.24, 2.45) is 17.8 Å². The highest BCUT2D eigenvalue weighted by Gasteiger charge is 2.32. The second kappa shape index (κ2) is 1.37. The lowest BCUT2D eigenvalue weighted by molar-refractivity contribution is 0.493. The summed E-state index contributed by atoms with van der Waals surface area (Å²) < 4.78 is 0. The third-order valence-electron chi connectivity index (χ3n) is 2.61. The third-order valence-corrected chi connectivity index (χ3v) is 2.61. The number of allylic oxidation sites excluding steroid dienone is 2. The van der Waals surface area contributed by atoms with Crippen molar-refractivity contribution in [3.8, 4) is 0 Å². The first-order valence-electron chi connectivity index (χ1n) is 3.54. The van der Waals surface area contributed by atoms with E-state index in [0.717, 1.165) is 17.8 Å². The lowest BCUT2D eigenvalue weighted by atomic mass is 9.96. The van der Waals surface area contributed by atoms with Crippen molar-refractivity contribution < 1.29 is 0 Å². The molecule has 2 aliphatic carbocycles. The maximum Gasteiger partial charge on any atom is -0.0202 e. The van der Waals surface area contributed by atoms with Gasteiger partial charge in [-0.3, -0.25) is 0 Å². The standard InChI is InChI=1S/C8H12/c1-6-4-7-2-3-8(6)5-7/h2-3,6-8H,4-5H2,1H3/t6-,7-,8-/m0/s1. The van der Waals surface area contributed by atoms with Crippen molar-refractivity contribution >= 4 is 0 Å². The molecule has 8 heavy (non-hydrogen) atoms. The van der Waals surface area contributed by atoms with Crippen LogP contribution in [0.1, 0.15) is 19.8 Å². The van der Waals surface area contributed by atoms with Crippen LogP contribution in [0, 0.1) is 17.8 Å². The van der Waals surface area contributed by atoms with Gasteiger partial charge < -0.3 is 0 Å². The fourth-order valence-electron chi connectivity index (χ4n) is 2.06. The minimum Gasteiger partial charge on any atom is -0.0851 e. The second-order valence-electron chi connectivity index (χ2n) is 3.26. The molecule has 0 radical (unpaired) electrons. The zero-order valence-electron chi connectivity index (χ0n) is 5.30. The van der Waals surface area contributed by atoms with E-state index in [0.29, 0.717) is 0 Å². The van der Waals surface area contributed by atoms with E-state index in [1.807, 2.05) is 0 Å². The van der Waals surface area contributed by atoms with Gasteiger partial charge in [-0.15, -0.1) is 0 Å². The van der Waals surface area contributed by atoms with Gasteiger partial charge in [-0.05, 0) is 30.6 Å². The molecule has 0 aromatic carbocycles. The highest BCUT2D eigenvalue weighted by Crippen LogP contribution is 2.42. The van der Waals surface area contributed by atoms with Crippen LogP contribution in [-0.4, -0.2) is 0 Å². The molecule has 0 aromatic heterocycles. The fourth-order valence-corrected chi connectivity index (χ4v) is 2.06. The smallest absolute Gasteiger partial charge is 0.0202 e. The van der Waals surface area contributed by atoms with Gasteiger partial charge in [-0.25, -0.2) is 0 Å². The third kappa shape index (κ3) is 0.460. The van der Waals surface area contributed by atoms with E-state index in [9.17, 15) is 0 Å². The van der Waals surface area contributed by atoms with E-state index in [-0.39, 0.29) is 0 Å². The molecule has 1 fully saturated rings. The van der Waals surface area contributed by atoms with Crippen LogP contribution >= 0.6 is 0 Å². The summed E-state index contributed by atoms with van der Waals surface area (Å²) in [5.74, 6) is 2.92. The SMILES string of the molecule is C[C@H]1C[C@@H]2C=C[C@H]1C2. The van der Waals surface area contributed by atoms with Gasteiger partial charge in [0.1, 0.15) is 0 Å². The summed E-state index contributed by atoms with van der Waals surface area (Å²) in [6.07, 6.45) is 7.71. The summed E-state index contributed by atoms with van der Waals surface area (Å²) in [5, 5.41) is 0. The van der Waals surface area contributed by atoms with Gasteiger partial charge in [0.05, 0.1) is 0 Å². The first-order valence-corrected chi connectivity index (χ1v) is 3.54. The number of fused-ring (bicyclic) bond motifs is 2. The van der Waals surface area contributed by atoms with Crippen LogP contribution in [0.4, 0.5) is 0 Å². The van der Waals surface area contributed by atoms with Crippen LogP contribution in [0.5, 0.6) is 0 Å². The minimum absolute atomic E-state index is 0.958. The van der Waals surface area contributed by atoms with Crippen molar-refractivity contribution in [1.82, 2.24) is 0 Å². The van der Waals surface area contributed by atoms with Crippen LogP contribution in [0.15, 0.2) is 12.2 Å². The Balaban J connectivity index is 2.23. The Morgan fingerprint density at radius 3 is 2.38 bits per heavy atom. The Morgan fingerprint density at radius 2 is 2.12 bits per heavy atom. The monoisotopic (exact) mass is 108 g/mol. The molecule has 0 aromatic rings. The fraction of sp³-hybridized carbons (Fsp3) is 0.750. The Bertz CT molecular complexity index is 124. The van der Waals surface area contributed by atoms with Gasteiger partial charge >= 0.3 is 0 Å². The molecule has 0 N–H and O–H groups in total. The van der Waals surface area contributed by atoms with Crippen molar-refractivity contribution in [3.63, 3.8) is 0 Å². The molecule has 2 bridgehead atoms. The zero-order valence-corrected chi connectivity index (χ0v) is 5.30. The second-order valence-corrected chi connectivity index (χ2v) is 3.26. The summed E-state index contributed by atoms with van der Waals surface area (Å²) in [5.41, 5.74) is 0. The van der Waals surface area contributed by atoms with Crippen molar-refractivity contribution in [2.45, 2.75) is 19.8 Å². The predicted octanol–water partition coefficient (Wildman–Crippen LogP) is 2.22. The molecule has 0 amide bonds. The quantitative estimate of drug-likeness (QED) is 0.417. The van der Waals surface area contributed by atoms with Crippen LogP contribution in [-0.2, 0) is 0 Å². The number of rotatable bonds is 0. The zero-order chi connectivity index (χ0) is 5.56. The molecule has 0 heteroatoms. The molecule has 0 spiro atoms. The first kappa shape index (κ1) is 4.60. The van der Waals surface area contributed by atoms with Gasteiger partial charge in [0.2, 0.25) is 0 Å². The molecular formula is C8H12. The van der Waals surface area contributed by atoms with Gasteiger partial charge in [0.15, 0.2) is 0 Å². The highest BCUT2D eigenvalue weighted by atomic mass is 14.4. The van der Waals surface area contributed by atoms with E-state index in [2.05, 4.69) is 19.1 Å². The lowest BCUT2D eigenvalue weighted by Gasteiger charge is -2.09. The molecule has 2 aliphatic rings. The Morgan fingerprint density at radius 1 is 1.25 bits per heavy atom. The van der Waals surface area contributed by atoms with E-state index in [1.165, 1.54) is 12.8 Å². The van der Waals surface area contributed by atoms with E-state index in [1.54, 1.807) is 0 Å². The minimum atomic E-state index is 0.958. The lowest BCUT2D eigenvalue weighted by Crippen LogP contribution is -1.99. The summed E-state index contributed by atoms with van der Waals surface area (Å²) in [6, 6.07) is 0. The highest BCUT2D eigenvalue weighted by molar-refractivity contribution is 5.08. The molecular weight excluding hydrogens is 96.1 g/mol. The van der Waals surface area contributed by atoms with Gasteiger partial charge in [-0.1, -0.05) is 19.1 Å².